The van der Waals surface area contributed by atoms with Gasteiger partial charge in [-0.25, -0.2) is 0 Å². The quantitative estimate of drug-likeness (QED) is 0.603. The molecule has 27 heavy (non-hydrogen) atoms. The topological polar surface area (TPSA) is 83.1 Å². The van der Waals surface area contributed by atoms with Crippen molar-refractivity contribution >= 4 is 30.7 Å². The van der Waals surface area contributed by atoms with Crippen molar-refractivity contribution in [1.82, 2.24) is 15.5 Å². The fraction of sp³-hybridized carbons (Fsp3) is 0.611. The zero-order valence-corrected chi connectivity index (χ0v) is 17.1. The Kier molecular flexibility index (Phi) is 10.2. The first-order valence-electron chi connectivity index (χ1n) is 8.84. The number of piperazine rings is 1. The largest absolute Gasteiger partial charge is 0.493 e. The van der Waals surface area contributed by atoms with Crippen molar-refractivity contribution in [2.24, 2.45) is 0 Å². The average molecular weight is 422 g/mol. The normalized spacial score (nSPS) is 20.8. The number of hydrogen-bond acceptors (Lipinski definition) is 6. The molecule has 2 fully saturated rings. The molecule has 2 aliphatic rings. The number of carbonyl (C=O) groups is 1. The second-order valence-electron chi connectivity index (χ2n) is 6.63. The predicted octanol–water partition coefficient (Wildman–Crippen LogP) is 0.787. The number of nitrogens with zero attached hydrogens (tertiary/aromatic N) is 1. The molecule has 1 amide bonds. The number of aliphatic hydroxyl groups is 1. The van der Waals surface area contributed by atoms with Crippen LogP contribution in [-0.4, -0.2) is 75.0 Å². The van der Waals surface area contributed by atoms with Gasteiger partial charge in [0.1, 0.15) is 12.7 Å². The zero-order chi connectivity index (χ0) is 17.6. The molecule has 1 aromatic carbocycles. The van der Waals surface area contributed by atoms with Gasteiger partial charge in [-0.2, -0.15) is 0 Å². The number of ether oxygens (including phenoxy) is 2. The molecule has 0 bridgehead atoms. The third kappa shape index (κ3) is 6.69. The van der Waals surface area contributed by atoms with Gasteiger partial charge in [-0.3, -0.25) is 9.69 Å². The van der Waals surface area contributed by atoms with E-state index in [2.05, 4.69) is 15.5 Å². The molecular weight excluding hydrogens is 393 g/mol. The van der Waals surface area contributed by atoms with Gasteiger partial charge in [0.2, 0.25) is 5.91 Å². The maximum Gasteiger partial charge on any atom is 0.220 e. The molecule has 2 unspecified atom stereocenters. The van der Waals surface area contributed by atoms with Gasteiger partial charge >= 0.3 is 0 Å². The maximum atomic E-state index is 11.4. The van der Waals surface area contributed by atoms with E-state index in [9.17, 15) is 9.90 Å². The fourth-order valence-corrected chi connectivity index (χ4v) is 3.33. The summed E-state index contributed by atoms with van der Waals surface area (Å²) in [4.78, 5) is 13.7. The first-order chi connectivity index (χ1) is 12.2. The van der Waals surface area contributed by atoms with Crippen molar-refractivity contribution in [3.8, 4) is 11.5 Å². The molecule has 3 rings (SSSR count). The Morgan fingerprint density at radius 3 is 2.63 bits per heavy atom. The number of amides is 1. The van der Waals surface area contributed by atoms with E-state index in [1.807, 2.05) is 18.2 Å². The molecule has 9 heteroatoms. The molecule has 2 aliphatic heterocycles. The van der Waals surface area contributed by atoms with Crippen molar-refractivity contribution < 1.29 is 19.4 Å². The highest BCUT2D eigenvalue weighted by Crippen LogP contribution is 2.33. The number of carbonyl (C=O) groups excluding carboxylic acids is 1. The lowest BCUT2D eigenvalue weighted by Crippen LogP contribution is -2.47. The van der Waals surface area contributed by atoms with Gasteiger partial charge in [0, 0.05) is 51.6 Å². The van der Waals surface area contributed by atoms with Crippen LogP contribution in [0, 0.1) is 0 Å². The number of halogens is 2. The van der Waals surface area contributed by atoms with Gasteiger partial charge in [0.25, 0.3) is 0 Å². The van der Waals surface area contributed by atoms with Crippen molar-refractivity contribution in [2.45, 2.75) is 18.4 Å². The maximum absolute atomic E-state index is 11.4. The summed E-state index contributed by atoms with van der Waals surface area (Å²) in [5.41, 5.74) is 1.05. The van der Waals surface area contributed by atoms with Crippen molar-refractivity contribution in [3.63, 3.8) is 0 Å². The van der Waals surface area contributed by atoms with Crippen LogP contribution in [0.2, 0.25) is 0 Å². The summed E-state index contributed by atoms with van der Waals surface area (Å²) in [5.74, 6) is 1.48. The molecule has 154 valence electrons. The monoisotopic (exact) mass is 421 g/mol. The SMILES string of the molecule is COc1ccc(C2CNC(=O)C2)cc1OCC(O)CN1CCNCC1.Cl.Cl. The van der Waals surface area contributed by atoms with Crippen LogP contribution in [0.25, 0.3) is 0 Å². The van der Waals surface area contributed by atoms with E-state index in [0.29, 0.717) is 31.0 Å². The molecule has 2 saturated heterocycles. The van der Waals surface area contributed by atoms with Crippen molar-refractivity contribution in [1.29, 1.82) is 0 Å². The summed E-state index contributed by atoms with van der Waals surface area (Å²) >= 11 is 0. The third-order valence-corrected chi connectivity index (χ3v) is 4.75. The van der Waals surface area contributed by atoms with E-state index >= 15 is 0 Å². The van der Waals surface area contributed by atoms with Gasteiger partial charge in [-0.15, -0.1) is 24.8 Å². The van der Waals surface area contributed by atoms with E-state index in [-0.39, 0.29) is 43.2 Å². The van der Waals surface area contributed by atoms with E-state index in [1.54, 1.807) is 7.11 Å². The molecule has 2 heterocycles. The van der Waals surface area contributed by atoms with E-state index in [1.165, 1.54) is 0 Å². The molecule has 3 N–H and O–H groups in total. The Hall–Kier alpha value is -1.25. The Labute approximate surface area is 172 Å². The molecule has 2 atom stereocenters. The predicted molar refractivity (Wildman–Crippen MR) is 109 cm³/mol. The molecule has 1 aromatic rings. The number of aliphatic hydroxyl groups excluding tert-OH is 1. The average Bonchev–Trinajstić information content (AvgIpc) is 3.07. The van der Waals surface area contributed by atoms with Gasteiger partial charge < -0.3 is 25.2 Å². The molecular formula is C18H29Cl2N3O4. The Morgan fingerprint density at radius 1 is 1.26 bits per heavy atom. The van der Waals surface area contributed by atoms with Crippen LogP contribution < -0.4 is 20.1 Å². The number of benzene rings is 1. The first-order valence-corrected chi connectivity index (χ1v) is 8.84. The molecule has 0 radical (unpaired) electrons. The van der Waals surface area contributed by atoms with Crippen LogP contribution in [0.5, 0.6) is 11.5 Å². The van der Waals surface area contributed by atoms with Crippen LogP contribution >= 0.6 is 24.8 Å². The number of methoxy groups -OCH3 is 1. The highest BCUT2D eigenvalue weighted by Gasteiger charge is 2.24. The Morgan fingerprint density at radius 2 is 2.00 bits per heavy atom. The number of hydrogen-bond donors (Lipinski definition) is 3. The fourth-order valence-electron chi connectivity index (χ4n) is 3.33. The summed E-state index contributed by atoms with van der Waals surface area (Å²) in [6.07, 6.45) is -0.0570. The zero-order valence-electron chi connectivity index (χ0n) is 15.5. The van der Waals surface area contributed by atoms with Crippen LogP contribution in [-0.2, 0) is 4.79 Å². The minimum Gasteiger partial charge on any atom is -0.493 e. The second-order valence-corrected chi connectivity index (χ2v) is 6.63. The lowest BCUT2D eigenvalue weighted by atomic mass is 9.98. The molecule has 0 saturated carbocycles. The number of rotatable bonds is 7. The van der Waals surface area contributed by atoms with Gasteiger partial charge in [-0.05, 0) is 17.7 Å². The minimum absolute atomic E-state index is 0. The highest BCUT2D eigenvalue weighted by molar-refractivity contribution is 5.85. The molecule has 0 spiro atoms. The highest BCUT2D eigenvalue weighted by atomic mass is 35.5. The van der Waals surface area contributed by atoms with E-state index in [4.69, 9.17) is 9.47 Å². The van der Waals surface area contributed by atoms with Gasteiger partial charge in [0.05, 0.1) is 7.11 Å². The van der Waals surface area contributed by atoms with Crippen LogP contribution in [0.3, 0.4) is 0 Å². The second kappa shape index (κ2) is 11.6. The van der Waals surface area contributed by atoms with Crippen LogP contribution in [0.15, 0.2) is 18.2 Å². The standard InChI is InChI=1S/C18H27N3O4.2ClH/c1-24-16-3-2-13(14-9-18(23)20-10-14)8-17(16)25-12-15(22)11-21-6-4-19-5-7-21;;/h2-3,8,14-15,19,22H,4-7,9-12H2,1H3,(H,20,23);2*1H. The Bertz CT molecular complexity index is 600. The van der Waals surface area contributed by atoms with E-state index in [0.717, 1.165) is 31.7 Å². The van der Waals surface area contributed by atoms with Gasteiger partial charge in [-0.1, -0.05) is 6.07 Å². The lowest BCUT2D eigenvalue weighted by molar-refractivity contribution is -0.119. The smallest absolute Gasteiger partial charge is 0.220 e. The molecule has 7 nitrogen and oxygen atoms in total. The van der Waals surface area contributed by atoms with Crippen LogP contribution in [0.4, 0.5) is 0 Å². The summed E-state index contributed by atoms with van der Waals surface area (Å²) in [6.45, 7) is 5.26. The summed E-state index contributed by atoms with van der Waals surface area (Å²) in [5, 5.41) is 16.4. The van der Waals surface area contributed by atoms with Crippen LogP contribution in [0.1, 0.15) is 17.9 Å². The molecule has 0 aromatic heterocycles. The molecule has 0 aliphatic carbocycles. The van der Waals surface area contributed by atoms with Crippen molar-refractivity contribution in [2.75, 3.05) is 53.0 Å². The minimum atomic E-state index is -0.554. The third-order valence-electron chi connectivity index (χ3n) is 4.75. The number of β-amino-alcohol motifs (C(OH)–C–C–N with tert-alkyl or cyclic N) is 1. The van der Waals surface area contributed by atoms with Gasteiger partial charge in [0.15, 0.2) is 11.5 Å². The Balaban J connectivity index is 0.00000182. The summed E-state index contributed by atoms with van der Waals surface area (Å²) < 4.78 is 11.2. The van der Waals surface area contributed by atoms with E-state index < -0.39 is 6.10 Å². The summed E-state index contributed by atoms with van der Waals surface area (Å²) in [6, 6.07) is 5.74. The lowest BCUT2D eigenvalue weighted by Gasteiger charge is -2.29. The van der Waals surface area contributed by atoms with Crippen molar-refractivity contribution in [3.05, 3.63) is 23.8 Å². The number of nitrogens with one attached hydrogen (secondary N) is 2. The summed E-state index contributed by atoms with van der Waals surface area (Å²) in [7, 11) is 1.60. The first kappa shape index (κ1) is 23.8.